The van der Waals surface area contributed by atoms with Gasteiger partial charge in [-0.3, -0.25) is 4.79 Å². The van der Waals surface area contributed by atoms with E-state index in [1.807, 2.05) is 13.8 Å². The van der Waals surface area contributed by atoms with Crippen LogP contribution in [0.2, 0.25) is 0 Å². The summed E-state index contributed by atoms with van der Waals surface area (Å²) in [5.41, 5.74) is 1.71. The summed E-state index contributed by atoms with van der Waals surface area (Å²) in [4.78, 5) is 11.9. The number of piperidine rings is 1. The van der Waals surface area contributed by atoms with Crippen LogP contribution in [0.25, 0.3) is 0 Å². The third-order valence-electron chi connectivity index (χ3n) is 3.18. The minimum absolute atomic E-state index is 0. The summed E-state index contributed by atoms with van der Waals surface area (Å²) in [6, 6.07) is 0.261. The van der Waals surface area contributed by atoms with Crippen LogP contribution in [-0.2, 0) is 11.2 Å². The van der Waals surface area contributed by atoms with Gasteiger partial charge in [0.2, 0.25) is 5.91 Å². The number of hydrogen-bond donors (Lipinski definition) is 2. The highest BCUT2D eigenvalue weighted by molar-refractivity contribution is 5.85. The lowest BCUT2D eigenvalue weighted by Gasteiger charge is -2.23. The lowest BCUT2D eigenvalue weighted by atomic mass is 10.1. The number of halogens is 1. The van der Waals surface area contributed by atoms with Crippen molar-refractivity contribution in [2.75, 3.05) is 13.1 Å². The normalized spacial score (nSPS) is 19.1. The fourth-order valence-corrected chi connectivity index (χ4v) is 2.17. The average molecular weight is 274 g/mol. The third kappa shape index (κ3) is 3.71. The Hall–Kier alpha value is -1.07. The van der Waals surface area contributed by atoms with Crippen molar-refractivity contribution in [1.82, 2.24) is 15.8 Å². The van der Waals surface area contributed by atoms with Gasteiger partial charge in [-0.15, -0.1) is 12.4 Å². The maximum atomic E-state index is 11.9. The summed E-state index contributed by atoms with van der Waals surface area (Å²) >= 11 is 0. The zero-order valence-electron chi connectivity index (χ0n) is 10.8. The van der Waals surface area contributed by atoms with Gasteiger partial charge in [0.15, 0.2) is 0 Å². The van der Waals surface area contributed by atoms with E-state index in [4.69, 9.17) is 4.52 Å². The second-order valence-corrected chi connectivity index (χ2v) is 4.59. The fraction of sp³-hybridized carbons (Fsp3) is 0.667. The molecule has 1 aliphatic heterocycles. The van der Waals surface area contributed by atoms with E-state index in [0.717, 1.165) is 42.9 Å². The van der Waals surface area contributed by atoms with E-state index in [1.54, 1.807) is 0 Å². The molecular weight excluding hydrogens is 254 g/mol. The molecule has 0 saturated carbocycles. The van der Waals surface area contributed by atoms with Gasteiger partial charge < -0.3 is 15.2 Å². The Morgan fingerprint density at radius 3 is 2.89 bits per heavy atom. The molecule has 0 radical (unpaired) electrons. The van der Waals surface area contributed by atoms with E-state index >= 15 is 0 Å². The van der Waals surface area contributed by atoms with Crippen molar-refractivity contribution in [1.29, 1.82) is 0 Å². The number of amides is 1. The Kier molecular flexibility index (Phi) is 5.62. The summed E-state index contributed by atoms with van der Waals surface area (Å²) in [5, 5.41) is 10.2. The quantitative estimate of drug-likeness (QED) is 0.866. The molecule has 102 valence electrons. The summed E-state index contributed by atoms with van der Waals surface area (Å²) < 4.78 is 5.04. The monoisotopic (exact) mass is 273 g/mol. The lowest BCUT2D eigenvalue weighted by Crippen LogP contribution is -2.46. The van der Waals surface area contributed by atoms with Gasteiger partial charge in [-0.2, -0.15) is 0 Å². The standard InChI is InChI=1S/C12H19N3O2.ClH/c1-8-11(9(2)17-15-8)6-12(16)14-10-4-3-5-13-7-10;/h10,13H,3-7H2,1-2H3,(H,14,16);1H/t10-;/m1./s1. The second kappa shape index (κ2) is 6.75. The van der Waals surface area contributed by atoms with Gasteiger partial charge in [0, 0.05) is 18.2 Å². The summed E-state index contributed by atoms with van der Waals surface area (Å²) in [7, 11) is 0. The summed E-state index contributed by atoms with van der Waals surface area (Å²) in [6.45, 7) is 5.62. The van der Waals surface area contributed by atoms with Crippen LogP contribution in [0.5, 0.6) is 0 Å². The van der Waals surface area contributed by atoms with E-state index in [2.05, 4.69) is 15.8 Å². The molecule has 6 heteroatoms. The van der Waals surface area contributed by atoms with Crippen LogP contribution in [-0.4, -0.2) is 30.2 Å². The Morgan fingerprint density at radius 1 is 1.56 bits per heavy atom. The molecule has 0 bridgehead atoms. The first-order chi connectivity index (χ1) is 8.16. The maximum absolute atomic E-state index is 11.9. The number of aryl methyl sites for hydroxylation is 2. The molecule has 1 aromatic heterocycles. The Balaban J connectivity index is 0.00000162. The molecule has 2 N–H and O–H groups in total. The molecule has 0 aliphatic carbocycles. The molecule has 0 unspecified atom stereocenters. The van der Waals surface area contributed by atoms with Crippen LogP contribution in [0.1, 0.15) is 29.9 Å². The molecule has 1 aromatic rings. The highest BCUT2D eigenvalue weighted by Gasteiger charge is 2.18. The predicted octanol–water partition coefficient (Wildman–Crippen LogP) is 1.12. The number of rotatable bonds is 3. The molecule has 1 atom stereocenters. The third-order valence-corrected chi connectivity index (χ3v) is 3.18. The second-order valence-electron chi connectivity index (χ2n) is 4.59. The number of carbonyl (C=O) groups excluding carboxylic acids is 1. The van der Waals surface area contributed by atoms with Crippen molar-refractivity contribution in [2.24, 2.45) is 0 Å². The molecule has 2 heterocycles. The van der Waals surface area contributed by atoms with Gasteiger partial charge in [0.25, 0.3) is 0 Å². The topological polar surface area (TPSA) is 67.2 Å². The first-order valence-corrected chi connectivity index (χ1v) is 6.08. The molecule has 2 rings (SSSR count). The molecule has 1 saturated heterocycles. The van der Waals surface area contributed by atoms with Crippen LogP contribution in [0.15, 0.2) is 4.52 Å². The summed E-state index contributed by atoms with van der Waals surface area (Å²) in [5.74, 6) is 0.785. The van der Waals surface area contributed by atoms with Crippen molar-refractivity contribution in [2.45, 2.75) is 39.2 Å². The molecule has 1 amide bonds. The first-order valence-electron chi connectivity index (χ1n) is 6.08. The van der Waals surface area contributed by atoms with Crippen LogP contribution in [0.4, 0.5) is 0 Å². The highest BCUT2D eigenvalue weighted by atomic mass is 35.5. The molecule has 5 nitrogen and oxygen atoms in total. The van der Waals surface area contributed by atoms with Gasteiger partial charge >= 0.3 is 0 Å². The van der Waals surface area contributed by atoms with Gasteiger partial charge in [-0.1, -0.05) is 5.16 Å². The minimum Gasteiger partial charge on any atom is -0.361 e. The molecule has 1 fully saturated rings. The van der Waals surface area contributed by atoms with E-state index in [9.17, 15) is 4.79 Å². The van der Waals surface area contributed by atoms with E-state index in [1.165, 1.54) is 0 Å². The van der Waals surface area contributed by atoms with Crippen LogP contribution in [0.3, 0.4) is 0 Å². The molecule has 0 spiro atoms. The lowest BCUT2D eigenvalue weighted by molar-refractivity contribution is -0.121. The average Bonchev–Trinajstić information content (AvgIpc) is 2.62. The van der Waals surface area contributed by atoms with Crippen LogP contribution in [0, 0.1) is 13.8 Å². The highest BCUT2D eigenvalue weighted by Crippen LogP contribution is 2.13. The van der Waals surface area contributed by atoms with Crippen LogP contribution < -0.4 is 10.6 Å². The van der Waals surface area contributed by atoms with Crippen molar-refractivity contribution in [3.63, 3.8) is 0 Å². The number of hydrogen-bond acceptors (Lipinski definition) is 4. The molecule has 1 aliphatic rings. The van der Waals surface area contributed by atoms with E-state index in [-0.39, 0.29) is 24.4 Å². The Labute approximate surface area is 113 Å². The van der Waals surface area contributed by atoms with Crippen LogP contribution >= 0.6 is 12.4 Å². The van der Waals surface area contributed by atoms with Gasteiger partial charge in [0.1, 0.15) is 5.76 Å². The number of aromatic nitrogens is 1. The maximum Gasteiger partial charge on any atom is 0.224 e. The molecular formula is C12H20ClN3O2. The molecule has 0 aromatic carbocycles. The van der Waals surface area contributed by atoms with E-state index < -0.39 is 0 Å². The zero-order valence-corrected chi connectivity index (χ0v) is 11.6. The SMILES string of the molecule is Cc1noc(C)c1CC(=O)N[C@@H]1CCCNC1.Cl. The Bertz CT molecular complexity index is 381. The number of carbonyl (C=O) groups is 1. The summed E-state index contributed by atoms with van der Waals surface area (Å²) in [6.07, 6.45) is 2.54. The number of nitrogens with zero attached hydrogens (tertiary/aromatic N) is 1. The van der Waals surface area contributed by atoms with Crippen molar-refractivity contribution >= 4 is 18.3 Å². The Morgan fingerprint density at radius 2 is 2.33 bits per heavy atom. The van der Waals surface area contributed by atoms with Gasteiger partial charge in [-0.05, 0) is 33.2 Å². The van der Waals surface area contributed by atoms with Gasteiger partial charge in [-0.25, -0.2) is 0 Å². The zero-order chi connectivity index (χ0) is 12.3. The van der Waals surface area contributed by atoms with E-state index in [0.29, 0.717) is 6.42 Å². The van der Waals surface area contributed by atoms with Crippen molar-refractivity contribution in [3.05, 3.63) is 17.0 Å². The fourth-order valence-electron chi connectivity index (χ4n) is 2.17. The number of nitrogens with one attached hydrogen (secondary N) is 2. The minimum atomic E-state index is 0. The largest absolute Gasteiger partial charge is 0.361 e. The smallest absolute Gasteiger partial charge is 0.224 e. The van der Waals surface area contributed by atoms with Crippen molar-refractivity contribution in [3.8, 4) is 0 Å². The van der Waals surface area contributed by atoms with Gasteiger partial charge in [0.05, 0.1) is 12.1 Å². The first kappa shape index (κ1) is 15.0. The predicted molar refractivity (Wildman–Crippen MR) is 71.0 cm³/mol. The molecule has 18 heavy (non-hydrogen) atoms. The van der Waals surface area contributed by atoms with Crippen molar-refractivity contribution < 1.29 is 9.32 Å².